The van der Waals surface area contributed by atoms with E-state index in [1.807, 2.05) is 0 Å². The second-order valence-electron chi connectivity index (χ2n) is 1.65. The maximum atomic E-state index is 10.4. The Kier molecular flexibility index (Phi) is 3.04. The van der Waals surface area contributed by atoms with Gasteiger partial charge < -0.3 is 14.0 Å². The second kappa shape index (κ2) is 3.11. The average molecular weight is 151 g/mol. The summed E-state index contributed by atoms with van der Waals surface area (Å²) in [4.78, 5) is 20.6. The largest absolute Gasteiger partial charge is 0.778 e. The average Bonchev–Trinajstić information content (AvgIpc) is 1.63. The number of carbonyl (C=O) groups is 1. The molecule has 4 nitrogen and oxygen atoms in total. The van der Waals surface area contributed by atoms with Crippen LogP contribution in [0.15, 0.2) is 0 Å². The van der Waals surface area contributed by atoms with Crippen LogP contribution in [0.5, 0.6) is 0 Å². The van der Waals surface area contributed by atoms with Crippen molar-refractivity contribution in [2.75, 3.05) is 13.3 Å². The minimum Gasteiger partial charge on any atom is -0.778 e. The van der Waals surface area contributed by atoms with Gasteiger partial charge >= 0.3 is 0 Å². The summed E-state index contributed by atoms with van der Waals surface area (Å²) in [6, 6.07) is 0. The van der Waals surface area contributed by atoms with E-state index in [1.54, 1.807) is 0 Å². The van der Waals surface area contributed by atoms with Crippen molar-refractivity contribution in [3.8, 4) is 0 Å². The van der Waals surface area contributed by atoms with E-state index in [0.717, 1.165) is 7.11 Å². The van der Waals surface area contributed by atoms with Crippen molar-refractivity contribution >= 4 is 13.4 Å². The van der Waals surface area contributed by atoms with E-state index >= 15 is 0 Å². The van der Waals surface area contributed by atoms with Gasteiger partial charge in [-0.05, 0) is 6.92 Å². The van der Waals surface area contributed by atoms with Crippen molar-refractivity contribution in [1.82, 2.24) is 0 Å². The molecule has 5 heteroatoms. The molecule has 0 fully saturated rings. The van der Waals surface area contributed by atoms with Crippen LogP contribution in [-0.2, 0) is 13.9 Å². The van der Waals surface area contributed by atoms with Gasteiger partial charge in [-0.1, -0.05) is 0 Å². The highest BCUT2D eigenvalue weighted by Crippen LogP contribution is 2.34. The smallest absolute Gasteiger partial charge is 0.142 e. The summed E-state index contributed by atoms with van der Waals surface area (Å²) in [5.74, 6) is -0.407. The Hall–Kier alpha value is -0.180. The molecule has 0 saturated carbocycles. The van der Waals surface area contributed by atoms with Gasteiger partial charge in [0.15, 0.2) is 0 Å². The van der Waals surface area contributed by atoms with Gasteiger partial charge in [-0.3, -0.25) is 4.79 Å². The summed E-state index contributed by atoms with van der Waals surface area (Å²) < 4.78 is 14.4. The summed E-state index contributed by atoms with van der Waals surface area (Å²) in [5, 5.41) is 0. The molecule has 0 aliphatic heterocycles. The quantitative estimate of drug-likeness (QED) is 0.523. The minimum absolute atomic E-state index is 0.407. The zero-order chi connectivity index (χ0) is 7.49. The highest BCUT2D eigenvalue weighted by Gasteiger charge is 2.07. The van der Waals surface area contributed by atoms with Crippen molar-refractivity contribution in [3.05, 3.63) is 0 Å². The van der Waals surface area contributed by atoms with Crippen LogP contribution >= 0.6 is 7.60 Å². The van der Waals surface area contributed by atoms with Crippen molar-refractivity contribution in [2.45, 2.75) is 6.92 Å². The highest BCUT2D eigenvalue weighted by atomic mass is 31.2. The number of hydrogen-bond donors (Lipinski definition) is 0. The third-order valence-electron chi connectivity index (χ3n) is 0.694. The van der Waals surface area contributed by atoms with Gasteiger partial charge in [0, 0.05) is 7.11 Å². The molecule has 0 amide bonds. The molecule has 1 unspecified atom stereocenters. The van der Waals surface area contributed by atoms with Crippen LogP contribution in [0.2, 0.25) is 0 Å². The molecule has 1 atom stereocenters. The number of hydrogen-bond acceptors (Lipinski definition) is 4. The lowest BCUT2D eigenvalue weighted by atomic mass is 10.5. The van der Waals surface area contributed by atoms with E-state index in [-0.39, 0.29) is 0 Å². The fourth-order valence-corrected chi connectivity index (χ4v) is 1.01. The van der Waals surface area contributed by atoms with Gasteiger partial charge in [0.25, 0.3) is 0 Å². The van der Waals surface area contributed by atoms with Crippen LogP contribution in [0.4, 0.5) is 0 Å². The standard InChI is InChI=1S/C4H9O4P/c1-4(5)3-9(6,7)8-2/h3H2,1-2H3,(H,6,7)/p-1. The topological polar surface area (TPSA) is 66.4 Å². The van der Waals surface area contributed by atoms with Crippen LogP contribution in [0.3, 0.4) is 0 Å². The van der Waals surface area contributed by atoms with E-state index in [9.17, 15) is 14.3 Å². The molecule has 0 saturated heterocycles. The number of Topliss-reactive ketones (excluding diaryl/α,β-unsaturated/α-hetero) is 1. The lowest BCUT2D eigenvalue weighted by molar-refractivity contribution is -0.195. The van der Waals surface area contributed by atoms with E-state index in [2.05, 4.69) is 4.52 Å². The Morgan fingerprint density at radius 2 is 2.22 bits per heavy atom. The molecule has 0 aromatic rings. The van der Waals surface area contributed by atoms with E-state index in [1.165, 1.54) is 6.92 Å². The summed E-state index contributed by atoms with van der Waals surface area (Å²) in [6.07, 6.45) is -0.510. The first kappa shape index (κ1) is 8.82. The van der Waals surface area contributed by atoms with Crippen LogP contribution in [-0.4, -0.2) is 19.1 Å². The molecule has 9 heavy (non-hydrogen) atoms. The molecule has 0 rings (SSSR count). The molecule has 0 aliphatic rings. The Morgan fingerprint density at radius 3 is 2.33 bits per heavy atom. The fourth-order valence-electron chi connectivity index (χ4n) is 0.337. The first-order valence-electron chi connectivity index (χ1n) is 2.33. The van der Waals surface area contributed by atoms with Crippen LogP contribution in [0.1, 0.15) is 6.92 Å². The predicted molar refractivity (Wildman–Crippen MR) is 30.2 cm³/mol. The van der Waals surface area contributed by atoms with Gasteiger partial charge in [-0.15, -0.1) is 0 Å². The zero-order valence-electron chi connectivity index (χ0n) is 5.29. The van der Waals surface area contributed by atoms with Gasteiger partial charge in [0.2, 0.25) is 0 Å². The SMILES string of the molecule is COP(=O)([O-])CC(C)=O. The van der Waals surface area contributed by atoms with Gasteiger partial charge in [0.1, 0.15) is 13.4 Å². The van der Waals surface area contributed by atoms with E-state index < -0.39 is 19.5 Å². The predicted octanol–water partition coefficient (Wildman–Crippen LogP) is -0.225. The van der Waals surface area contributed by atoms with Gasteiger partial charge in [-0.25, -0.2) is 0 Å². The Bertz CT molecular complexity index is 153. The third-order valence-corrected chi connectivity index (χ3v) is 2.08. The lowest BCUT2D eigenvalue weighted by Gasteiger charge is -2.18. The van der Waals surface area contributed by atoms with Crippen LogP contribution < -0.4 is 4.89 Å². The van der Waals surface area contributed by atoms with Crippen LogP contribution in [0.25, 0.3) is 0 Å². The Morgan fingerprint density at radius 1 is 1.78 bits per heavy atom. The van der Waals surface area contributed by atoms with Crippen LogP contribution in [0, 0.1) is 0 Å². The first-order valence-corrected chi connectivity index (χ1v) is 4.06. The van der Waals surface area contributed by atoms with Gasteiger partial charge in [-0.2, -0.15) is 0 Å². The van der Waals surface area contributed by atoms with Crippen molar-refractivity contribution in [2.24, 2.45) is 0 Å². The molecule has 0 N–H and O–H groups in total. The first-order chi connectivity index (χ1) is 3.98. The lowest BCUT2D eigenvalue weighted by Crippen LogP contribution is -2.11. The van der Waals surface area contributed by atoms with Gasteiger partial charge in [0.05, 0.1) is 6.16 Å². The molecule has 0 spiro atoms. The molecule has 0 bridgehead atoms. The Labute approximate surface area is 53.4 Å². The molecule has 0 heterocycles. The summed E-state index contributed by atoms with van der Waals surface area (Å²) in [5.41, 5.74) is 0. The third kappa shape index (κ3) is 4.33. The van der Waals surface area contributed by atoms with Crippen molar-refractivity contribution in [3.63, 3.8) is 0 Å². The molecular formula is C4H8O4P-. The minimum atomic E-state index is -3.83. The summed E-state index contributed by atoms with van der Waals surface area (Å²) in [6.45, 7) is 1.20. The zero-order valence-corrected chi connectivity index (χ0v) is 6.18. The Balaban J connectivity index is 3.88. The molecule has 0 radical (unpaired) electrons. The van der Waals surface area contributed by atoms with E-state index in [0.29, 0.717) is 0 Å². The molecule has 0 aromatic heterocycles. The monoisotopic (exact) mass is 151 g/mol. The van der Waals surface area contributed by atoms with E-state index in [4.69, 9.17) is 0 Å². The van der Waals surface area contributed by atoms with Crippen molar-refractivity contribution in [1.29, 1.82) is 0 Å². The fraction of sp³-hybridized carbons (Fsp3) is 0.750. The number of rotatable bonds is 3. The molecule has 0 aromatic carbocycles. The summed E-state index contributed by atoms with van der Waals surface area (Å²) in [7, 11) is -2.79. The highest BCUT2D eigenvalue weighted by molar-refractivity contribution is 7.52. The molecular weight excluding hydrogens is 143 g/mol. The molecule has 54 valence electrons. The maximum absolute atomic E-state index is 10.4. The molecule has 0 aliphatic carbocycles. The summed E-state index contributed by atoms with van der Waals surface area (Å²) >= 11 is 0. The number of ketones is 1. The normalized spacial score (nSPS) is 16.8. The second-order valence-corrected chi connectivity index (χ2v) is 3.56. The maximum Gasteiger partial charge on any atom is 0.142 e. The van der Waals surface area contributed by atoms with Crippen molar-refractivity contribution < 1.29 is 18.8 Å². The number of carbonyl (C=O) groups excluding carboxylic acids is 1.